The number of allylic oxidation sites excluding steroid dienone is 5. The molecule has 9 rings (SSSR count). The second kappa shape index (κ2) is 12.0. The summed E-state index contributed by atoms with van der Waals surface area (Å²) in [6.45, 7) is 2.26. The number of aromatic hydroxyl groups is 1. The van der Waals surface area contributed by atoms with Crippen LogP contribution in [0.25, 0.3) is 16.7 Å². The Kier molecular flexibility index (Phi) is 7.75. The van der Waals surface area contributed by atoms with Gasteiger partial charge in [-0.25, -0.2) is 9.59 Å². The van der Waals surface area contributed by atoms with Crippen LogP contribution in [0.15, 0.2) is 88.9 Å². The number of rotatable bonds is 8. The van der Waals surface area contributed by atoms with Gasteiger partial charge in [0.05, 0.1) is 11.0 Å². The van der Waals surface area contributed by atoms with E-state index in [1.54, 1.807) is 6.07 Å². The third kappa shape index (κ3) is 4.69. The molecule has 2 heterocycles. The molecule has 5 atom stereocenters. The Morgan fingerprint density at radius 2 is 1.74 bits per heavy atom. The summed E-state index contributed by atoms with van der Waals surface area (Å²) in [6, 6.07) is 15.6. The summed E-state index contributed by atoms with van der Waals surface area (Å²) >= 11 is 0. The first-order valence-corrected chi connectivity index (χ1v) is 17.8. The standard InChI is InChI=1S/C41H44O6/c1-2-3-13-34-41-21-20-29(35(38(41)40(45)47-34)32-22-27(43)15-16-28(32)25-11-5-4-6-12-25)30-17-18-31-33(46-39(44)36(31)37(30)41)19-14-26(23-42)24-9-7-8-10-24/h4-6,11-13,15-16,19,22,24,26,29-30,37,42-43H,2-3,7-10,14,17-18,20-21,23H2,1H3/t26-,29+,30+,37+,41+/m0/s1. The quantitative estimate of drug-likeness (QED) is 0.284. The molecule has 2 aliphatic heterocycles. The van der Waals surface area contributed by atoms with Gasteiger partial charge in [0.2, 0.25) is 0 Å². The van der Waals surface area contributed by atoms with E-state index in [4.69, 9.17) is 9.47 Å². The highest BCUT2D eigenvalue weighted by atomic mass is 16.5. The average Bonchev–Trinajstić information content (AvgIpc) is 3.82. The van der Waals surface area contributed by atoms with Gasteiger partial charge in [0.1, 0.15) is 17.3 Å². The van der Waals surface area contributed by atoms with Gasteiger partial charge in [-0.05, 0) is 109 Å². The number of phenolic OH excluding ortho intramolecular Hbond substituents is 1. The van der Waals surface area contributed by atoms with Gasteiger partial charge in [-0.15, -0.1) is 0 Å². The van der Waals surface area contributed by atoms with Gasteiger partial charge < -0.3 is 19.7 Å². The summed E-state index contributed by atoms with van der Waals surface area (Å²) < 4.78 is 12.3. The minimum absolute atomic E-state index is 0.0372. The van der Waals surface area contributed by atoms with Crippen LogP contribution < -0.4 is 0 Å². The Labute approximate surface area is 276 Å². The number of fused-ring (bicyclic) bond motifs is 1. The van der Waals surface area contributed by atoms with E-state index in [0.717, 1.165) is 84.8 Å². The van der Waals surface area contributed by atoms with Crippen LogP contribution >= 0.6 is 0 Å². The molecule has 0 radical (unpaired) electrons. The number of phenols is 1. The number of ether oxygens (including phenoxy) is 2. The lowest BCUT2D eigenvalue weighted by molar-refractivity contribution is -0.135. The summed E-state index contributed by atoms with van der Waals surface area (Å²) in [4.78, 5) is 28.2. The van der Waals surface area contributed by atoms with Crippen LogP contribution in [-0.2, 0) is 19.1 Å². The maximum atomic E-state index is 14.2. The first kappa shape index (κ1) is 30.4. The zero-order chi connectivity index (χ0) is 32.3. The summed E-state index contributed by atoms with van der Waals surface area (Å²) in [5.74, 6) is 1.54. The number of hydrogen-bond acceptors (Lipinski definition) is 6. The fourth-order valence-corrected chi connectivity index (χ4v) is 10.3. The number of unbranched alkanes of at least 4 members (excludes halogenated alkanes) is 1. The molecule has 1 saturated heterocycles. The Hall–Kier alpha value is -3.90. The lowest BCUT2D eigenvalue weighted by Crippen LogP contribution is -2.52. The minimum Gasteiger partial charge on any atom is -0.508 e. The fraction of sp³-hybridized carbons (Fsp3) is 0.463. The molecule has 6 heteroatoms. The Morgan fingerprint density at radius 1 is 0.936 bits per heavy atom. The van der Waals surface area contributed by atoms with Crippen LogP contribution in [-0.4, -0.2) is 28.8 Å². The van der Waals surface area contributed by atoms with Crippen LogP contribution in [0.2, 0.25) is 0 Å². The van der Waals surface area contributed by atoms with Crippen LogP contribution in [0.5, 0.6) is 5.75 Å². The zero-order valence-electron chi connectivity index (χ0n) is 27.2. The lowest BCUT2D eigenvalue weighted by atomic mass is 9.44. The van der Waals surface area contributed by atoms with Crippen molar-refractivity contribution < 1.29 is 29.3 Å². The van der Waals surface area contributed by atoms with Crippen LogP contribution in [0.3, 0.4) is 0 Å². The summed E-state index contributed by atoms with van der Waals surface area (Å²) in [6.07, 6.45) is 14.5. The normalized spacial score (nSPS) is 30.6. The SMILES string of the molecule is CCCC=C1OC(=O)C2=C(c3cc(O)ccc3-c3ccccc3)[C@@H]3CC[C@]12[C@H]1C2=C(CC[C@H]31)C(=CC[C@@H](CO)C1CCCC1)OC2=O. The molecule has 244 valence electrons. The van der Waals surface area contributed by atoms with Crippen molar-refractivity contribution >= 4 is 17.5 Å². The topological polar surface area (TPSA) is 93.1 Å². The number of cyclic esters (lactones) is 2. The van der Waals surface area contributed by atoms with Crippen molar-refractivity contribution in [2.75, 3.05) is 6.61 Å². The first-order chi connectivity index (χ1) is 23.0. The number of carbonyl (C=O) groups is 2. The van der Waals surface area contributed by atoms with Gasteiger partial charge in [-0.2, -0.15) is 0 Å². The monoisotopic (exact) mass is 632 g/mol. The van der Waals surface area contributed by atoms with E-state index in [1.165, 1.54) is 12.8 Å². The van der Waals surface area contributed by atoms with Gasteiger partial charge in [-0.3, -0.25) is 0 Å². The molecular weight excluding hydrogens is 588 g/mol. The Bertz CT molecular complexity index is 1740. The molecule has 1 spiro atoms. The molecule has 2 N–H and O–H groups in total. The van der Waals surface area contributed by atoms with E-state index < -0.39 is 5.41 Å². The molecule has 0 unspecified atom stereocenters. The van der Waals surface area contributed by atoms with E-state index in [2.05, 4.69) is 31.2 Å². The smallest absolute Gasteiger partial charge is 0.340 e. The molecule has 3 fully saturated rings. The van der Waals surface area contributed by atoms with E-state index in [-0.39, 0.29) is 48.0 Å². The number of hydrogen-bond donors (Lipinski definition) is 2. The molecule has 2 saturated carbocycles. The number of carbonyl (C=O) groups excluding carboxylic acids is 2. The second-order valence-corrected chi connectivity index (χ2v) is 14.5. The summed E-state index contributed by atoms with van der Waals surface area (Å²) in [5, 5.41) is 21.0. The van der Waals surface area contributed by atoms with Crippen molar-refractivity contribution in [3.63, 3.8) is 0 Å². The van der Waals surface area contributed by atoms with Crippen LogP contribution in [0.4, 0.5) is 0 Å². The van der Waals surface area contributed by atoms with Crippen molar-refractivity contribution in [3.8, 4) is 16.9 Å². The summed E-state index contributed by atoms with van der Waals surface area (Å²) in [7, 11) is 0. The van der Waals surface area contributed by atoms with Gasteiger partial charge >= 0.3 is 11.9 Å². The van der Waals surface area contributed by atoms with Crippen molar-refractivity contribution in [1.82, 2.24) is 0 Å². The fourth-order valence-electron chi connectivity index (χ4n) is 10.3. The van der Waals surface area contributed by atoms with Crippen LogP contribution in [0, 0.1) is 35.0 Å². The average molecular weight is 633 g/mol. The molecule has 5 aliphatic carbocycles. The number of esters is 2. The maximum Gasteiger partial charge on any atom is 0.340 e. The van der Waals surface area contributed by atoms with Crippen molar-refractivity contribution in [2.45, 2.75) is 77.6 Å². The number of benzene rings is 2. The van der Waals surface area contributed by atoms with Gasteiger partial charge in [-0.1, -0.05) is 75.4 Å². The van der Waals surface area contributed by atoms with Crippen molar-refractivity contribution in [2.24, 2.45) is 35.0 Å². The molecule has 2 aromatic rings. The van der Waals surface area contributed by atoms with Gasteiger partial charge in [0, 0.05) is 23.7 Å². The molecular formula is C41H44O6. The van der Waals surface area contributed by atoms with Gasteiger partial charge in [0.25, 0.3) is 0 Å². The minimum atomic E-state index is -0.757. The molecule has 7 aliphatic rings. The van der Waals surface area contributed by atoms with Crippen LogP contribution in [0.1, 0.15) is 83.1 Å². The number of aliphatic hydroxyl groups excluding tert-OH is 1. The lowest BCUT2D eigenvalue weighted by Gasteiger charge is -2.56. The van der Waals surface area contributed by atoms with E-state index in [1.807, 2.05) is 30.3 Å². The maximum absolute atomic E-state index is 14.2. The van der Waals surface area contributed by atoms with Gasteiger partial charge in [0.15, 0.2) is 0 Å². The highest BCUT2D eigenvalue weighted by molar-refractivity contribution is 6.07. The number of aliphatic hydroxyl groups is 1. The van der Waals surface area contributed by atoms with Crippen molar-refractivity contribution in [3.05, 3.63) is 94.5 Å². The molecule has 2 bridgehead atoms. The molecule has 0 amide bonds. The first-order valence-electron chi connectivity index (χ1n) is 17.8. The third-order valence-electron chi connectivity index (χ3n) is 12.2. The Morgan fingerprint density at radius 3 is 2.51 bits per heavy atom. The van der Waals surface area contributed by atoms with E-state index in [9.17, 15) is 19.8 Å². The predicted molar refractivity (Wildman–Crippen MR) is 179 cm³/mol. The largest absolute Gasteiger partial charge is 0.508 e. The molecule has 0 aromatic heterocycles. The highest BCUT2D eigenvalue weighted by Gasteiger charge is 2.68. The Balaban J connectivity index is 1.29. The summed E-state index contributed by atoms with van der Waals surface area (Å²) in [5.41, 5.74) is 5.49. The zero-order valence-corrected chi connectivity index (χ0v) is 27.2. The third-order valence-corrected chi connectivity index (χ3v) is 12.2. The second-order valence-electron chi connectivity index (χ2n) is 14.5. The predicted octanol–water partition coefficient (Wildman–Crippen LogP) is 8.42. The molecule has 47 heavy (non-hydrogen) atoms. The highest BCUT2D eigenvalue weighted by Crippen LogP contribution is 2.72. The van der Waals surface area contributed by atoms with Crippen molar-refractivity contribution in [1.29, 1.82) is 0 Å². The van der Waals surface area contributed by atoms with E-state index >= 15 is 0 Å². The molecule has 6 nitrogen and oxygen atoms in total. The van der Waals surface area contributed by atoms with E-state index in [0.29, 0.717) is 29.4 Å². The molecule has 2 aromatic carbocycles.